The summed E-state index contributed by atoms with van der Waals surface area (Å²) < 4.78 is 7.21. The van der Waals surface area contributed by atoms with Crippen LogP contribution in [0.15, 0.2) is 22.9 Å². The predicted molar refractivity (Wildman–Crippen MR) is 64.8 cm³/mol. The van der Waals surface area contributed by atoms with E-state index >= 15 is 0 Å². The Balaban J connectivity index is 1.98. The molecule has 2 aromatic rings. The van der Waals surface area contributed by atoms with Crippen molar-refractivity contribution in [2.24, 2.45) is 0 Å². The normalized spacial score (nSPS) is 18.8. The SMILES string of the molecule is CN(C)c1noc(C2CCC(=O)c3cccn32)n1. The number of aromatic nitrogens is 3. The van der Waals surface area contributed by atoms with E-state index in [1.54, 1.807) is 4.90 Å². The van der Waals surface area contributed by atoms with E-state index < -0.39 is 0 Å². The van der Waals surface area contributed by atoms with Crippen molar-refractivity contribution in [1.29, 1.82) is 0 Å². The summed E-state index contributed by atoms with van der Waals surface area (Å²) in [6, 6.07) is 3.67. The number of carbonyl (C=O) groups is 1. The zero-order chi connectivity index (χ0) is 12.7. The molecular formula is C12H14N4O2. The molecule has 0 amide bonds. The fourth-order valence-corrected chi connectivity index (χ4v) is 2.22. The van der Waals surface area contributed by atoms with E-state index in [1.165, 1.54) is 0 Å². The Labute approximate surface area is 104 Å². The van der Waals surface area contributed by atoms with E-state index in [4.69, 9.17) is 4.52 Å². The number of rotatable bonds is 2. The molecule has 0 saturated carbocycles. The summed E-state index contributed by atoms with van der Waals surface area (Å²) in [6.45, 7) is 0. The van der Waals surface area contributed by atoms with Gasteiger partial charge in [0, 0.05) is 26.7 Å². The summed E-state index contributed by atoms with van der Waals surface area (Å²) in [6.07, 6.45) is 3.11. The topological polar surface area (TPSA) is 64.2 Å². The van der Waals surface area contributed by atoms with Gasteiger partial charge in [-0.3, -0.25) is 4.79 Å². The van der Waals surface area contributed by atoms with Crippen molar-refractivity contribution < 1.29 is 9.32 Å². The summed E-state index contributed by atoms with van der Waals surface area (Å²) in [5.74, 6) is 1.28. The molecule has 0 bridgehead atoms. The molecule has 0 N–H and O–H groups in total. The van der Waals surface area contributed by atoms with Crippen LogP contribution in [0.5, 0.6) is 0 Å². The molecule has 3 heterocycles. The van der Waals surface area contributed by atoms with Crippen LogP contribution in [0.25, 0.3) is 0 Å². The van der Waals surface area contributed by atoms with Gasteiger partial charge in [0.05, 0.1) is 5.69 Å². The van der Waals surface area contributed by atoms with Crippen LogP contribution in [0.1, 0.15) is 35.3 Å². The van der Waals surface area contributed by atoms with Crippen molar-refractivity contribution in [2.75, 3.05) is 19.0 Å². The first-order chi connectivity index (χ1) is 8.66. The van der Waals surface area contributed by atoms with Gasteiger partial charge in [-0.1, -0.05) is 0 Å². The number of ketones is 1. The summed E-state index contributed by atoms with van der Waals surface area (Å²) in [4.78, 5) is 17.9. The van der Waals surface area contributed by atoms with Crippen LogP contribution in [-0.2, 0) is 0 Å². The number of carbonyl (C=O) groups excluding carboxylic acids is 1. The van der Waals surface area contributed by atoms with E-state index in [9.17, 15) is 4.79 Å². The highest BCUT2D eigenvalue weighted by Gasteiger charge is 2.29. The summed E-state index contributed by atoms with van der Waals surface area (Å²) >= 11 is 0. The molecule has 0 aliphatic carbocycles. The number of fused-ring (bicyclic) bond motifs is 1. The van der Waals surface area contributed by atoms with Crippen LogP contribution in [-0.4, -0.2) is 34.6 Å². The maximum absolute atomic E-state index is 11.7. The Morgan fingerprint density at radius 2 is 2.33 bits per heavy atom. The lowest BCUT2D eigenvalue weighted by atomic mass is 10.0. The minimum atomic E-state index is -0.0334. The fourth-order valence-electron chi connectivity index (χ4n) is 2.22. The first-order valence-electron chi connectivity index (χ1n) is 5.88. The van der Waals surface area contributed by atoms with Gasteiger partial charge in [0.25, 0.3) is 11.8 Å². The highest BCUT2D eigenvalue weighted by molar-refractivity contribution is 5.95. The van der Waals surface area contributed by atoms with Crippen molar-refractivity contribution in [2.45, 2.75) is 18.9 Å². The number of nitrogens with zero attached hydrogens (tertiary/aromatic N) is 4. The maximum Gasteiger partial charge on any atom is 0.265 e. The molecule has 6 nitrogen and oxygen atoms in total. The second-order valence-corrected chi connectivity index (χ2v) is 4.61. The van der Waals surface area contributed by atoms with Crippen LogP contribution in [0.2, 0.25) is 0 Å². The standard InChI is InChI=1S/C12H14N4O2/c1-15(2)12-13-11(18-14-12)9-5-6-10(17)8-4-3-7-16(8)9/h3-4,7,9H,5-6H2,1-2H3. The minimum absolute atomic E-state index is 0.0334. The summed E-state index contributed by atoms with van der Waals surface area (Å²) in [5.41, 5.74) is 0.718. The molecular weight excluding hydrogens is 232 g/mol. The van der Waals surface area contributed by atoms with E-state index in [0.717, 1.165) is 5.69 Å². The molecule has 0 saturated heterocycles. The van der Waals surface area contributed by atoms with Crippen LogP contribution in [0.3, 0.4) is 0 Å². The second-order valence-electron chi connectivity index (χ2n) is 4.61. The van der Waals surface area contributed by atoms with Gasteiger partial charge < -0.3 is 14.0 Å². The fraction of sp³-hybridized carbons (Fsp3) is 0.417. The Morgan fingerprint density at radius 3 is 3.06 bits per heavy atom. The average Bonchev–Trinajstić information content (AvgIpc) is 2.98. The van der Waals surface area contributed by atoms with E-state index in [-0.39, 0.29) is 11.8 Å². The van der Waals surface area contributed by atoms with Crippen LogP contribution < -0.4 is 4.90 Å². The summed E-state index contributed by atoms with van der Waals surface area (Å²) in [5, 5.41) is 3.91. The maximum atomic E-state index is 11.7. The molecule has 0 aromatic carbocycles. The molecule has 3 rings (SSSR count). The van der Waals surface area contributed by atoms with E-state index in [0.29, 0.717) is 24.7 Å². The molecule has 1 unspecified atom stereocenters. The average molecular weight is 246 g/mol. The van der Waals surface area contributed by atoms with Crippen molar-refractivity contribution in [3.05, 3.63) is 29.9 Å². The van der Waals surface area contributed by atoms with E-state index in [1.807, 2.05) is 37.0 Å². The van der Waals surface area contributed by atoms with Crippen LogP contribution in [0, 0.1) is 0 Å². The van der Waals surface area contributed by atoms with Crippen LogP contribution in [0.4, 0.5) is 5.95 Å². The molecule has 6 heteroatoms. The third-order valence-corrected chi connectivity index (χ3v) is 3.16. The molecule has 1 atom stereocenters. The Hall–Kier alpha value is -2.11. The van der Waals surface area contributed by atoms with Gasteiger partial charge in [-0.2, -0.15) is 4.98 Å². The smallest absolute Gasteiger partial charge is 0.265 e. The number of hydrogen-bond donors (Lipinski definition) is 0. The van der Waals surface area contributed by atoms with Crippen molar-refractivity contribution in [1.82, 2.24) is 14.7 Å². The highest BCUT2D eigenvalue weighted by Crippen LogP contribution is 2.30. The highest BCUT2D eigenvalue weighted by atomic mass is 16.5. The Morgan fingerprint density at radius 1 is 1.50 bits per heavy atom. The lowest BCUT2D eigenvalue weighted by Gasteiger charge is -2.22. The van der Waals surface area contributed by atoms with Gasteiger partial charge >= 0.3 is 0 Å². The molecule has 0 fully saturated rings. The third-order valence-electron chi connectivity index (χ3n) is 3.16. The molecule has 94 valence electrons. The van der Waals surface area contributed by atoms with Crippen molar-refractivity contribution >= 4 is 11.7 Å². The van der Waals surface area contributed by atoms with Crippen molar-refractivity contribution in [3.63, 3.8) is 0 Å². The second kappa shape index (κ2) is 3.97. The quantitative estimate of drug-likeness (QED) is 0.803. The lowest BCUT2D eigenvalue weighted by Crippen LogP contribution is -2.22. The number of anilines is 1. The predicted octanol–water partition coefficient (Wildman–Crippen LogP) is 1.50. The third kappa shape index (κ3) is 1.61. The van der Waals surface area contributed by atoms with Crippen LogP contribution >= 0.6 is 0 Å². The van der Waals surface area contributed by atoms with Gasteiger partial charge in [0.1, 0.15) is 6.04 Å². The van der Waals surface area contributed by atoms with Gasteiger partial charge in [-0.05, 0) is 23.7 Å². The first-order valence-corrected chi connectivity index (χ1v) is 5.88. The molecule has 1 aliphatic rings. The van der Waals surface area contributed by atoms with Gasteiger partial charge in [0.2, 0.25) is 0 Å². The Kier molecular flexibility index (Phi) is 2.43. The monoisotopic (exact) mass is 246 g/mol. The van der Waals surface area contributed by atoms with E-state index in [2.05, 4.69) is 10.1 Å². The molecule has 18 heavy (non-hydrogen) atoms. The molecule has 0 spiro atoms. The first kappa shape index (κ1) is 11.0. The molecule has 2 aromatic heterocycles. The molecule has 1 aliphatic heterocycles. The van der Waals surface area contributed by atoms with Gasteiger partial charge in [-0.25, -0.2) is 0 Å². The largest absolute Gasteiger partial charge is 0.344 e. The van der Waals surface area contributed by atoms with Gasteiger partial charge in [0.15, 0.2) is 5.78 Å². The van der Waals surface area contributed by atoms with Crippen molar-refractivity contribution in [3.8, 4) is 0 Å². The molecule has 0 radical (unpaired) electrons. The zero-order valence-electron chi connectivity index (χ0n) is 10.3. The lowest BCUT2D eigenvalue weighted by molar-refractivity contribution is 0.0943. The summed E-state index contributed by atoms with van der Waals surface area (Å²) in [7, 11) is 3.72. The number of Topliss-reactive ketones (excluding diaryl/α,β-unsaturated/α-hetero) is 1. The number of hydrogen-bond acceptors (Lipinski definition) is 5. The Bertz CT molecular complexity index is 584. The van der Waals surface area contributed by atoms with Gasteiger partial charge in [-0.15, -0.1) is 0 Å². The minimum Gasteiger partial charge on any atom is -0.344 e. The zero-order valence-corrected chi connectivity index (χ0v) is 10.3.